The Bertz CT molecular complexity index is 1040. The summed E-state index contributed by atoms with van der Waals surface area (Å²) in [5, 5.41) is 3.08. The summed E-state index contributed by atoms with van der Waals surface area (Å²) in [5.74, 6) is -0.367. The molecule has 164 valence electrons. The highest BCUT2D eigenvalue weighted by atomic mass is 19.1. The van der Waals surface area contributed by atoms with E-state index >= 15 is 0 Å². The van der Waals surface area contributed by atoms with Crippen LogP contribution in [0.2, 0.25) is 0 Å². The number of aromatic nitrogens is 2. The van der Waals surface area contributed by atoms with E-state index in [1.54, 1.807) is 13.1 Å². The van der Waals surface area contributed by atoms with Gasteiger partial charge < -0.3 is 30.3 Å². The SMILES string of the molecule is Cc1cc(C(N)=O)c(F)cc1Nc1ncc2c(n1)N(C1CC3(COC3)C1)COCN2C. The van der Waals surface area contributed by atoms with Crippen LogP contribution in [0.4, 0.5) is 27.5 Å². The second-order valence-corrected chi connectivity index (χ2v) is 8.72. The van der Waals surface area contributed by atoms with Crippen molar-refractivity contribution < 1.29 is 18.7 Å². The van der Waals surface area contributed by atoms with Crippen molar-refractivity contribution in [2.75, 3.05) is 48.8 Å². The zero-order chi connectivity index (χ0) is 21.8. The summed E-state index contributed by atoms with van der Waals surface area (Å²) in [4.78, 5) is 24.7. The van der Waals surface area contributed by atoms with Crippen LogP contribution in [0.5, 0.6) is 0 Å². The molecule has 1 amide bonds. The lowest BCUT2D eigenvalue weighted by Gasteiger charge is -2.56. The molecule has 3 N–H and O–H groups in total. The number of nitrogens with two attached hydrogens (primary N) is 1. The van der Waals surface area contributed by atoms with Crippen LogP contribution >= 0.6 is 0 Å². The molecule has 1 aliphatic carbocycles. The number of aryl methyl sites for hydroxylation is 1. The first kappa shape index (κ1) is 20.0. The lowest BCUT2D eigenvalue weighted by molar-refractivity contribution is -0.164. The second-order valence-electron chi connectivity index (χ2n) is 8.72. The minimum Gasteiger partial charge on any atom is -0.380 e. The minimum atomic E-state index is -0.803. The summed E-state index contributed by atoms with van der Waals surface area (Å²) in [6.07, 6.45) is 3.84. The highest BCUT2D eigenvalue weighted by Crippen LogP contribution is 2.50. The standard InChI is InChI=1S/C21H25FN6O3/c1-12-3-14(18(23)29)15(22)4-16(12)25-20-24-7-17-19(26-20)28(11-31-10-27(17)2)13-5-21(6-13)8-30-9-21/h3-4,7,13H,5-6,8-11H2,1-2H3,(H2,23,29)(H,24,25,26). The molecule has 2 fully saturated rings. The maximum atomic E-state index is 14.3. The Morgan fingerprint density at radius 2 is 2.06 bits per heavy atom. The molecule has 0 bridgehead atoms. The summed E-state index contributed by atoms with van der Waals surface area (Å²) < 4.78 is 25.5. The molecule has 0 atom stereocenters. The minimum absolute atomic E-state index is 0.144. The first-order valence-corrected chi connectivity index (χ1v) is 10.2. The number of ether oxygens (including phenoxy) is 2. The fourth-order valence-electron chi connectivity index (χ4n) is 4.50. The van der Waals surface area contributed by atoms with Gasteiger partial charge in [-0.3, -0.25) is 4.79 Å². The normalized spacial score (nSPS) is 20.0. The summed E-state index contributed by atoms with van der Waals surface area (Å²) >= 11 is 0. The molecule has 1 spiro atoms. The Morgan fingerprint density at radius 1 is 1.29 bits per heavy atom. The van der Waals surface area contributed by atoms with E-state index in [4.69, 9.17) is 20.2 Å². The van der Waals surface area contributed by atoms with E-state index in [0.717, 1.165) is 37.6 Å². The van der Waals surface area contributed by atoms with Crippen LogP contribution in [-0.4, -0.2) is 55.6 Å². The number of hydrogen-bond acceptors (Lipinski definition) is 8. The second kappa shape index (κ2) is 7.31. The molecule has 1 aromatic heterocycles. The predicted molar refractivity (Wildman–Crippen MR) is 113 cm³/mol. The van der Waals surface area contributed by atoms with Crippen molar-refractivity contribution in [3.05, 3.63) is 35.3 Å². The van der Waals surface area contributed by atoms with Crippen molar-refractivity contribution in [1.82, 2.24) is 9.97 Å². The molecule has 3 heterocycles. The summed E-state index contributed by atoms with van der Waals surface area (Å²) in [5.41, 5.74) is 7.41. The zero-order valence-corrected chi connectivity index (χ0v) is 17.5. The molecule has 3 aliphatic rings. The van der Waals surface area contributed by atoms with Crippen molar-refractivity contribution in [3.8, 4) is 0 Å². The molecular weight excluding hydrogens is 403 g/mol. The summed E-state index contributed by atoms with van der Waals surface area (Å²) in [7, 11) is 1.93. The van der Waals surface area contributed by atoms with Crippen LogP contribution in [0.3, 0.4) is 0 Å². The first-order chi connectivity index (χ1) is 14.8. The number of halogens is 1. The van der Waals surface area contributed by atoms with Gasteiger partial charge in [-0.05, 0) is 37.5 Å². The Balaban J connectivity index is 1.44. The van der Waals surface area contributed by atoms with E-state index in [0.29, 0.717) is 42.1 Å². The Morgan fingerprint density at radius 3 is 2.74 bits per heavy atom. The number of carbonyl (C=O) groups is 1. The third-order valence-electron chi connectivity index (χ3n) is 6.37. The average Bonchev–Trinajstić information content (AvgIpc) is 2.81. The van der Waals surface area contributed by atoms with Gasteiger partial charge in [0.05, 0.1) is 25.0 Å². The number of fused-ring (bicyclic) bond motifs is 1. The topological polar surface area (TPSA) is 106 Å². The molecule has 9 nitrogen and oxygen atoms in total. The van der Waals surface area contributed by atoms with Crippen LogP contribution in [0, 0.1) is 18.2 Å². The number of rotatable bonds is 4. The highest BCUT2D eigenvalue weighted by Gasteiger charge is 2.52. The molecule has 1 saturated carbocycles. The maximum absolute atomic E-state index is 14.3. The number of benzene rings is 1. The third kappa shape index (κ3) is 3.45. The van der Waals surface area contributed by atoms with E-state index in [9.17, 15) is 9.18 Å². The smallest absolute Gasteiger partial charge is 0.251 e. The Kier molecular flexibility index (Phi) is 4.71. The monoisotopic (exact) mass is 428 g/mol. The van der Waals surface area contributed by atoms with Crippen molar-refractivity contribution in [1.29, 1.82) is 0 Å². The Labute approximate surface area is 179 Å². The van der Waals surface area contributed by atoms with Gasteiger partial charge in [-0.15, -0.1) is 0 Å². The third-order valence-corrected chi connectivity index (χ3v) is 6.37. The van der Waals surface area contributed by atoms with Crippen LogP contribution in [-0.2, 0) is 9.47 Å². The van der Waals surface area contributed by atoms with E-state index in [1.165, 1.54) is 12.1 Å². The average molecular weight is 428 g/mol. The van der Waals surface area contributed by atoms with E-state index < -0.39 is 11.7 Å². The van der Waals surface area contributed by atoms with Gasteiger partial charge in [-0.2, -0.15) is 4.98 Å². The Hall–Kier alpha value is -2.98. The van der Waals surface area contributed by atoms with Crippen molar-refractivity contribution in [3.63, 3.8) is 0 Å². The quantitative estimate of drug-likeness (QED) is 0.763. The van der Waals surface area contributed by atoms with Gasteiger partial charge in [0.25, 0.3) is 5.91 Å². The molecule has 1 aromatic carbocycles. The largest absolute Gasteiger partial charge is 0.380 e. The molecule has 10 heteroatoms. The van der Waals surface area contributed by atoms with Gasteiger partial charge in [0.1, 0.15) is 25.0 Å². The predicted octanol–water partition coefficient (Wildman–Crippen LogP) is 2.13. The lowest BCUT2D eigenvalue weighted by atomic mass is 9.63. The summed E-state index contributed by atoms with van der Waals surface area (Å²) in [6, 6.07) is 2.99. The van der Waals surface area contributed by atoms with Crippen LogP contribution in [0.15, 0.2) is 18.3 Å². The van der Waals surface area contributed by atoms with Crippen molar-refractivity contribution in [2.24, 2.45) is 11.1 Å². The van der Waals surface area contributed by atoms with Gasteiger partial charge in [-0.1, -0.05) is 0 Å². The van der Waals surface area contributed by atoms with Crippen molar-refractivity contribution >= 4 is 29.0 Å². The van der Waals surface area contributed by atoms with Crippen molar-refractivity contribution in [2.45, 2.75) is 25.8 Å². The molecule has 2 aromatic rings. The number of anilines is 4. The van der Waals surface area contributed by atoms with Gasteiger partial charge in [-0.25, -0.2) is 9.37 Å². The number of carbonyl (C=O) groups excluding carboxylic acids is 1. The van der Waals surface area contributed by atoms with Gasteiger partial charge in [0, 0.05) is 24.2 Å². The molecule has 31 heavy (non-hydrogen) atoms. The highest BCUT2D eigenvalue weighted by molar-refractivity contribution is 5.94. The number of nitrogens with zero attached hydrogens (tertiary/aromatic N) is 4. The lowest BCUT2D eigenvalue weighted by Crippen LogP contribution is -2.60. The van der Waals surface area contributed by atoms with Gasteiger partial charge >= 0.3 is 0 Å². The maximum Gasteiger partial charge on any atom is 0.251 e. The molecule has 1 saturated heterocycles. The molecule has 0 radical (unpaired) electrons. The molecular formula is C21H25FN6O3. The fourth-order valence-corrected chi connectivity index (χ4v) is 4.50. The number of hydrogen-bond donors (Lipinski definition) is 2. The zero-order valence-electron chi connectivity index (χ0n) is 17.5. The van der Waals surface area contributed by atoms with Crippen LogP contribution < -0.4 is 20.9 Å². The fraction of sp³-hybridized carbons (Fsp3) is 0.476. The molecule has 2 aliphatic heterocycles. The van der Waals surface area contributed by atoms with E-state index in [2.05, 4.69) is 15.2 Å². The first-order valence-electron chi connectivity index (χ1n) is 10.2. The van der Waals surface area contributed by atoms with E-state index in [-0.39, 0.29) is 5.56 Å². The van der Waals surface area contributed by atoms with Gasteiger partial charge in [0.15, 0.2) is 5.82 Å². The number of primary amides is 1. The van der Waals surface area contributed by atoms with Gasteiger partial charge in [0.2, 0.25) is 5.95 Å². The van der Waals surface area contributed by atoms with Crippen LogP contribution in [0.25, 0.3) is 0 Å². The van der Waals surface area contributed by atoms with Crippen LogP contribution in [0.1, 0.15) is 28.8 Å². The summed E-state index contributed by atoms with van der Waals surface area (Å²) in [6.45, 7) is 4.30. The number of amides is 1. The van der Waals surface area contributed by atoms with E-state index in [1.807, 2.05) is 11.9 Å². The molecule has 5 rings (SSSR count). The molecule has 0 unspecified atom stereocenters. The number of nitrogens with one attached hydrogen (secondary N) is 1.